The zero-order valence-corrected chi connectivity index (χ0v) is 23.7. The average Bonchev–Trinajstić information content (AvgIpc) is 2.83. The molecule has 40 heavy (non-hydrogen) atoms. The molecule has 0 aromatic carbocycles. The molecule has 1 fully saturated rings. The normalized spacial score (nSPS) is 18.8. The summed E-state index contributed by atoms with van der Waals surface area (Å²) in [6, 6.07) is -2.04. The lowest BCUT2D eigenvalue weighted by atomic mass is 10.0. The largest absolute Gasteiger partial charge is 0.480 e. The van der Waals surface area contributed by atoms with Crippen LogP contribution in [0.25, 0.3) is 0 Å². The van der Waals surface area contributed by atoms with E-state index >= 15 is 0 Å². The van der Waals surface area contributed by atoms with E-state index in [1.54, 1.807) is 33.4 Å². The first-order valence-corrected chi connectivity index (χ1v) is 13.5. The second-order valence-electron chi connectivity index (χ2n) is 10.5. The van der Waals surface area contributed by atoms with Gasteiger partial charge < -0.3 is 25.2 Å². The van der Waals surface area contributed by atoms with Crippen LogP contribution in [-0.2, 0) is 28.8 Å². The number of Topliss-reactive ketones (excluding diaryl/α,β-unsaturated/α-hetero) is 2. The van der Waals surface area contributed by atoms with Crippen molar-refractivity contribution in [2.24, 2.45) is 5.92 Å². The number of nitrogens with zero attached hydrogens (tertiary/aromatic N) is 4. The maximum Gasteiger partial charge on any atom is 0.320 e. The molecule has 1 heterocycles. The van der Waals surface area contributed by atoms with Crippen LogP contribution in [0, 0.1) is 5.92 Å². The van der Waals surface area contributed by atoms with Crippen LogP contribution in [0.2, 0.25) is 0 Å². The van der Waals surface area contributed by atoms with Crippen LogP contribution in [-0.4, -0.2) is 153 Å². The van der Waals surface area contributed by atoms with Gasteiger partial charge in [-0.2, -0.15) is 0 Å². The van der Waals surface area contributed by atoms with E-state index in [-0.39, 0.29) is 109 Å². The minimum Gasteiger partial charge on any atom is -0.480 e. The first kappa shape index (κ1) is 35.1. The summed E-state index contributed by atoms with van der Waals surface area (Å²) in [7, 11) is 0. The molecular weight excluding hydrogens is 528 g/mol. The molecule has 0 bridgehead atoms. The highest BCUT2D eigenvalue weighted by molar-refractivity contribution is 5.81. The summed E-state index contributed by atoms with van der Waals surface area (Å²) >= 11 is 0. The van der Waals surface area contributed by atoms with Gasteiger partial charge in [0.1, 0.15) is 23.7 Å². The molecule has 228 valence electrons. The molecule has 4 N–H and O–H groups in total. The van der Waals surface area contributed by atoms with Gasteiger partial charge in [0, 0.05) is 71.1 Å². The topological polar surface area (TPSA) is 196 Å². The van der Waals surface area contributed by atoms with Crippen molar-refractivity contribution in [1.29, 1.82) is 0 Å². The molecule has 1 rings (SSSR count). The fourth-order valence-corrected chi connectivity index (χ4v) is 4.68. The van der Waals surface area contributed by atoms with E-state index in [1.165, 1.54) is 6.92 Å². The standard InChI is InChI=1S/C26H44N4O10/c1-18(2)22(32)7-6-21(26(39)40)30-14-10-27(16-23(33)34)8-12-29(20(25(37)38)5-4-19(3)31)13-9-28(11-15-30)17-24(35)36/h18,20-21H,4-17H2,1-3H3,(H,33,34)(H,35,36)(H,37,38)(H,39,40). The van der Waals surface area contributed by atoms with Crippen molar-refractivity contribution < 1.29 is 49.2 Å². The van der Waals surface area contributed by atoms with Gasteiger partial charge in [-0.1, -0.05) is 13.8 Å². The summed E-state index contributed by atoms with van der Waals surface area (Å²) < 4.78 is 0. The van der Waals surface area contributed by atoms with Crippen LogP contribution in [0.15, 0.2) is 0 Å². The second-order valence-corrected chi connectivity index (χ2v) is 10.5. The number of carboxylic acids is 4. The highest BCUT2D eigenvalue weighted by atomic mass is 16.4. The van der Waals surface area contributed by atoms with Gasteiger partial charge >= 0.3 is 23.9 Å². The Hall–Kier alpha value is -2.94. The molecule has 1 aliphatic rings. The average molecular weight is 573 g/mol. The third-order valence-electron chi connectivity index (χ3n) is 7.06. The number of carbonyl (C=O) groups is 6. The van der Waals surface area contributed by atoms with Crippen molar-refractivity contribution in [3.8, 4) is 0 Å². The minimum absolute atomic E-state index is 0.0516. The number of aliphatic carboxylic acids is 4. The Labute approximate surface area is 234 Å². The van der Waals surface area contributed by atoms with Crippen molar-refractivity contribution in [3.05, 3.63) is 0 Å². The number of rotatable bonds is 15. The number of hydrogen-bond acceptors (Lipinski definition) is 10. The zero-order chi connectivity index (χ0) is 30.4. The number of hydrogen-bond donors (Lipinski definition) is 4. The molecule has 2 unspecified atom stereocenters. The van der Waals surface area contributed by atoms with Crippen LogP contribution < -0.4 is 0 Å². The van der Waals surface area contributed by atoms with Gasteiger partial charge in [0.15, 0.2) is 0 Å². The lowest BCUT2D eigenvalue weighted by Gasteiger charge is -2.37. The lowest BCUT2D eigenvalue weighted by Crippen LogP contribution is -2.53. The summed E-state index contributed by atoms with van der Waals surface area (Å²) in [6.07, 6.45) is 0.241. The molecule has 2 atom stereocenters. The molecule has 0 saturated carbocycles. The minimum atomic E-state index is -1.13. The van der Waals surface area contributed by atoms with Crippen LogP contribution >= 0.6 is 0 Å². The van der Waals surface area contributed by atoms with E-state index in [1.807, 2.05) is 0 Å². The summed E-state index contributed by atoms with van der Waals surface area (Å²) in [5.74, 6) is -4.93. The first-order valence-electron chi connectivity index (χ1n) is 13.5. The number of ketones is 2. The molecule has 1 aliphatic heterocycles. The number of carbonyl (C=O) groups excluding carboxylic acids is 2. The molecule has 0 amide bonds. The molecule has 0 spiro atoms. The van der Waals surface area contributed by atoms with Gasteiger partial charge in [0.25, 0.3) is 0 Å². The van der Waals surface area contributed by atoms with E-state index in [9.17, 15) is 49.2 Å². The van der Waals surface area contributed by atoms with Crippen molar-refractivity contribution >= 4 is 35.4 Å². The van der Waals surface area contributed by atoms with Crippen molar-refractivity contribution in [2.75, 3.05) is 65.4 Å². The van der Waals surface area contributed by atoms with E-state index in [4.69, 9.17) is 0 Å². The summed E-state index contributed by atoms with van der Waals surface area (Å²) in [6.45, 7) is 5.37. The molecule has 0 aromatic heterocycles. The fourth-order valence-electron chi connectivity index (χ4n) is 4.68. The van der Waals surface area contributed by atoms with Gasteiger partial charge in [0.2, 0.25) is 0 Å². The highest BCUT2D eigenvalue weighted by Crippen LogP contribution is 2.14. The maximum absolute atomic E-state index is 12.2. The molecule has 0 aromatic rings. The SMILES string of the molecule is CC(=O)CCC(C(=O)O)N1CCN(CC(=O)O)CCN(C(CCC(=O)C(C)C)C(=O)O)CCN(CC(=O)O)CC1. The van der Waals surface area contributed by atoms with Crippen molar-refractivity contribution in [1.82, 2.24) is 19.6 Å². The van der Waals surface area contributed by atoms with E-state index in [0.717, 1.165) is 0 Å². The Morgan fingerprint density at radius 2 is 0.950 bits per heavy atom. The molecule has 0 radical (unpaired) electrons. The molecular formula is C26H44N4O10. The smallest absolute Gasteiger partial charge is 0.320 e. The first-order chi connectivity index (χ1) is 18.7. The van der Waals surface area contributed by atoms with Gasteiger partial charge in [0.05, 0.1) is 13.1 Å². The molecule has 1 saturated heterocycles. The van der Waals surface area contributed by atoms with Gasteiger partial charge in [-0.15, -0.1) is 0 Å². The second kappa shape index (κ2) is 17.7. The highest BCUT2D eigenvalue weighted by Gasteiger charge is 2.30. The fraction of sp³-hybridized carbons (Fsp3) is 0.769. The van der Waals surface area contributed by atoms with Crippen LogP contribution in [0.4, 0.5) is 0 Å². The monoisotopic (exact) mass is 572 g/mol. The van der Waals surface area contributed by atoms with E-state index in [2.05, 4.69) is 0 Å². The Balaban J connectivity index is 3.27. The third kappa shape index (κ3) is 13.4. The molecule has 14 heteroatoms. The summed E-state index contributed by atoms with van der Waals surface area (Å²) in [5, 5.41) is 38.7. The van der Waals surface area contributed by atoms with Gasteiger partial charge in [-0.05, 0) is 19.8 Å². The quantitative estimate of drug-likeness (QED) is 0.199. The third-order valence-corrected chi connectivity index (χ3v) is 7.06. The van der Waals surface area contributed by atoms with Gasteiger partial charge in [-0.3, -0.25) is 43.6 Å². The maximum atomic E-state index is 12.2. The van der Waals surface area contributed by atoms with E-state index < -0.39 is 36.0 Å². The Bertz CT molecular complexity index is 865. The predicted octanol–water partition coefficient (Wildman–Crippen LogP) is -0.342. The zero-order valence-electron chi connectivity index (χ0n) is 23.7. The van der Waals surface area contributed by atoms with Crippen LogP contribution in [0.1, 0.15) is 46.5 Å². The predicted molar refractivity (Wildman–Crippen MR) is 143 cm³/mol. The lowest BCUT2D eigenvalue weighted by molar-refractivity contribution is -0.145. The summed E-state index contributed by atoms with van der Waals surface area (Å²) in [4.78, 5) is 77.6. The Morgan fingerprint density at radius 3 is 1.23 bits per heavy atom. The van der Waals surface area contributed by atoms with Crippen LogP contribution in [0.3, 0.4) is 0 Å². The van der Waals surface area contributed by atoms with E-state index in [0.29, 0.717) is 0 Å². The molecule has 14 nitrogen and oxygen atoms in total. The van der Waals surface area contributed by atoms with Crippen molar-refractivity contribution in [2.45, 2.75) is 58.5 Å². The van der Waals surface area contributed by atoms with Gasteiger partial charge in [-0.25, -0.2) is 0 Å². The summed E-state index contributed by atoms with van der Waals surface area (Å²) in [5.41, 5.74) is 0. The number of carboxylic acid groups (broad SMARTS) is 4. The van der Waals surface area contributed by atoms with Crippen LogP contribution in [0.5, 0.6) is 0 Å². The van der Waals surface area contributed by atoms with Crippen molar-refractivity contribution in [3.63, 3.8) is 0 Å². The Morgan fingerprint density at radius 1 is 0.600 bits per heavy atom. The molecule has 0 aliphatic carbocycles. The Kier molecular flexibility index (Phi) is 15.5.